The molecule has 2 aromatic heterocycles. The highest BCUT2D eigenvalue weighted by Crippen LogP contribution is 2.35. The molecule has 0 spiro atoms. The van der Waals surface area contributed by atoms with Gasteiger partial charge in [0.05, 0.1) is 18.7 Å². The van der Waals surface area contributed by atoms with E-state index in [9.17, 15) is 9.59 Å². The summed E-state index contributed by atoms with van der Waals surface area (Å²) in [7, 11) is 1.36. The van der Waals surface area contributed by atoms with Crippen LogP contribution in [-0.2, 0) is 16.0 Å². The Kier molecular flexibility index (Phi) is 5.61. The van der Waals surface area contributed by atoms with E-state index < -0.39 is 12.0 Å². The van der Waals surface area contributed by atoms with Gasteiger partial charge in [-0.2, -0.15) is 0 Å². The molecule has 0 saturated carbocycles. The second kappa shape index (κ2) is 7.72. The lowest BCUT2D eigenvalue weighted by Gasteiger charge is -2.34. The molecule has 0 saturated heterocycles. The molecule has 3 heterocycles. The molecule has 2 amide bonds. The number of thiophene rings is 2. The summed E-state index contributed by atoms with van der Waals surface area (Å²) >= 11 is 6.56. The highest BCUT2D eigenvalue weighted by molar-refractivity contribution is 9.10. The molecule has 1 unspecified atom stereocenters. The van der Waals surface area contributed by atoms with E-state index >= 15 is 0 Å². The standard InChI is InChI=1S/C17H17BrN2O3S2/c1-10-14(16(21)23-2)15(13-8-11(18)9-25-13)19-17(22)20(10)6-5-12-4-3-7-24-12/h3-4,7-9,15H,5-6H2,1-2H3,(H,19,22). The summed E-state index contributed by atoms with van der Waals surface area (Å²) in [5, 5.41) is 6.88. The predicted octanol–water partition coefficient (Wildman–Crippen LogP) is 4.33. The van der Waals surface area contributed by atoms with Gasteiger partial charge < -0.3 is 10.1 Å². The van der Waals surface area contributed by atoms with Gasteiger partial charge in [0.1, 0.15) is 0 Å². The largest absolute Gasteiger partial charge is 0.466 e. The summed E-state index contributed by atoms with van der Waals surface area (Å²) in [6.07, 6.45) is 0.742. The SMILES string of the molecule is COC(=O)C1=C(C)N(CCc2cccs2)C(=O)NC1c1cc(Br)cs1. The van der Waals surface area contributed by atoms with Gasteiger partial charge in [0.25, 0.3) is 0 Å². The Labute approximate surface area is 162 Å². The zero-order valence-corrected chi connectivity index (χ0v) is 17.0. The minimum absolute atomic E-state index is 0.198. The number of nitrogens with one attached hydrogen (secondary N) is 1. The average molecular weight is 441 g/mol. The van der Waals surface area contributed by atoms with Crippen molar-refractivity contribution in [2.45, 2.75) is 19.4 Å². The molecule has 3 rings (SSSR count). The highest BCUT2D eigenvalue weighted by Gasteiger charge is 2.36. The summed E-state index contributed by atoms with van der Waals surface area (Å²) in [6.45, 7) is 2.31. The molecule has 0 aromatic carbocycles. The lowest BCUT2D eigenvalue weighted by molar-refractivity contribution is -0.136. The Balaban J connectivity index is 1.92. The van der Waals surface area contributed by atoms with Gasteiger partial charge in [-0.3, -0.25) is 4.90 Å². The van der Waals surface area contributed by atoms with Crippen LogP contribution in [0.4, 0.5) is 4.79 Å². The fraction of sp³-hybridized carbons (Fsp3) is 0.294. The molecule has 1 aliphatic rings. The number of esters is 1. The Morgan fingerprint density at radius 3 is 2.84 bits per heavy atom. The number of urea groups is 1. The molecule has 1 N–H and O–H groups in total. The van der Waals surface area contributed by atoms with Gasteiger partial charge in [-0.15, -0.1) is 22.7 Å². The first-order valence-corrected chi connectivity index (χ1v) is 10.2. The Morgan fingerprint density at radius 2 is 2.24 bits per heavy atom. The Bertz CT molecular complexity index is 814. The van der Waals surface area contributed by atoms with Crippen LogP contribution < -0.4 is 5.32 Å². The molecule has 5 nitrogen and oxygen atoms in total. The lowest BCUT2D eigenvalue weighted by Crippen LogP contribution is -2.48. The molecule has 8 heteroatoms. The summed E-state index contributed by atoms with van der Waals surface area (Å²) in [5.74, 6) is -0.423. The first kappa shape index (κ1) is 18.2. The molecular formula is C17H17BrN2O3S2. The van der Waals surface area contributed by atoms with Crippen LogP contribution in [0.5, 0.6) is 0 Å². The molecule has 2 aromatic rings. The fourth-order valence-corrected chi connectivity index (χ4v) is 5.00. The number of methoxy groups -OCH3 is 1. The van der Waals surface area contributed by atoms with E-state index in [0.29, 0.717) is 17.8 Å². The van der Waals surface area contributed by atoms with Crippen molar-refractivity contribution in [2.24, 2.45) is 0 Å². The highest BCUT2D eigenvalue weighted by atomic mass is 79.9. The Hall–Kier alpha value is -1.64. The van der Waals surface area contributed by atoms with Crippen LogP contribution in [0.25, 0.3) is 0 Å². The van der Waals surface area contributed by atoms with Gasteiger partial charge in [0, 0.05) is 31.8 Å². The molecule has 1 atom stereocenters. The van der Waals surface area contributed by atoms with E-state index in [1.165, 1.54) is 23.3 Å². The third-order valence-electron chi connectivity index (χ3n) is 4.04. The van der Waals surface area contributed by atoms with Gasteiger partial charge in [0.2, 0.25) is 0 Å². The number of amides is 2. The molecule has 132 valence electrons. The summed E-state index contributed by atoms with van der Waals surface area (Å²) in [5.41, 5.74) is 1.12. The predicted molar refractivity (Wildman–Crippen MR) is 103 cm³/mol. The van der Waals surface area contributed by atoms with Crippen molar-refractivity contribution in [3.05, 3.63) is 54.5 Å². The minimum Gasteiger partial charge on any atom is -0.466 e. The van der Waals surface area contributed by atoms with Crippen LogP contribution in [0.15, 0.2) is 44.7 Å². The second-order valence-electron chi connectivity index (χ2n) is 5.52. The maximum Gasteiger partial charge on any atom is 0.338 e. The number of ether oxygens (including phenoxy) is 1. The van der Waals surface area contributed by atoms with Crippen LogP contribution in [0.3, 0.4) is 0 Å². The van der Waals surface area contributed by atoms with Crippen molar-refractivity contribution in [1.29, 1.82) is 0 Å². The third kappa shape index (κ3) is 3.80. The van der Waals surface area contributed by atoms with E-state index in [-0.39, 0.29) is 6.03 Å². The number of carbonyl (C=O) groups excluding carboxylic acids is 2. The molecule has 1 aliphatic heterocycles. The number of nitrogens with zero attached hydrogens (tertiary/aromatic N) is 1. The van der Waals surface area contributed by atoms with Gasteiger partial charge in [0.15, 0.2) is 0 Å². The quantitative estimate of drug-likeness (QED) is 0.703. The van der Waals surface area contributed by atoms with Crippen LogP contribution in [-0.4, -0.2) is 30.6 Å². The van der Waals surface area contributed by atoms with E-state index in [0.717, 1.165) is 15.8 Å². The molecule has 25 heavy (non-hydrogen) atoms. The van der Waals surface area contributed by atoms with Crippen LogP contribution in [0.2, 0.25) is 0 Å². The maximum absolute atomic E-state index is 12.6. The number of hydrogen-bond donors (Lipinski definition) is 1. The first-order valence-electron chi connectivity index (χ1n) is 7.64. The smallest absolute Gasteiger partial charge is 0.338 e. The Morgan fingerprint density at radius 1 is 1.44 bits per heavy atom. The molecule has 0 radical (unpaired) electrons. The summed E-state index contributed by atoms with van der Waals surface area (Å²) in [4.78, 5) is 28.7. The summed E-state index contributed by atoms with van der Waals surface area (Å²) < 4.78 is 5.89. The van der Waals surface area contributed by atoms with E-state index in [2.05, 4.69) is 21.2 Å². The monoisotopic (exact) mass is 440 g/mol. The zero-order valence-electron chi connectivity index (χ0n) is 13.7. The molecule has 0 aliphatic carbocycles. The van der Waals surface area contributed by atoms with Gasteiger partial charge in [-0.05, 0) is 46.8 Å². The number of allylic oxidation sites excluding steroid dienone is 1. The minimum atomic E-state index is -0.491. The van der Waals surface area contributed by atoms with Gasteiger partial charge >= 0.3 is 12.0 Å². The number of hydrogen-bond acceptors (Lipinski definition) is 5. The summed E-state index contributed by atoms with van der Waals surface area (Å²) in [6, 6.07) is 5.25. The van der Waals surface area contributed by atoms with Crippen molar-refractivity contribution >= 4 is 50.6 Å². The normalized spacial score (nSPS) is 17.6. The maximum atomic E-state index is 12.6. The fourth-order valence-electron chi connectivity index (χ4n) is 2.79. The molecule has 0 bridgehead atoms. The van der Waals surface area contributed by atoms with Crippen LogP contribution in [0, 0.1) is 0 Å². The van der Waals surface area contributed by atoms with Crippen molar-refractivity contribution in [1.82, 2.24) is 10.2 Å². The first-order chi connectivity index (χ1) is 12.0. The van der Waals surface area contributed by atoms with Crippen LogP contribution >= 0.6 is 38.6 Å². The topological polar surface area (TPSA) is 58.6 Å². The molecule has 0 fully saturated rings. The van der Waals surface area contributed by atoms with Crippen LogP contribution in [0.1, 0.15) is 22.7 Å². The molecular weight excluding hydrogens is 424 g/mol. The van der Waals surface area contributed by atoms with Gasteiger partial charge in [-0.1, -0.05) is 6.07 Å². The zero-order chi connectivity index (χ0) is 18.0. The van der Waals surface area contributed by atoms with Crippen molar-refractivity contribution in [3.63, 3.8) is 0 Å². The van der Waals surface area contributed by atoms with Crippen molar-refractivity contribution in [2.75, 3.05) is 13.7 Å². The third-order valence-corrected chi connectivity index (χ3v) is 6.73. The van der Waals surface area contributed by atoms with E-state index in [1.807, 2.05) is 29.0 Å². The second-order valence-corrected chi connectivity index (χ2v) is 8.41. The lowest BCUT2D eigenvalue weighted by atomic mass is 10.0. The number of carbonyl (C=O) groups is 2. The van der Waals surface area contributed by atoms with Gasteiger partial charge in [-0.25, -0.2) is 9.59 Å². The number of halogens is 1. The number of rotatable bonds is 5. The van der Waals surface area contributed by atoms with Crippen molar-refractivity contribution in [3.8, 4) is 0 Å². The average Bonchev–Trinajstić information content (AvgIpc) is 3.25. The van der Waals surface area contributed by atoms with Crippen molar-refractivity contribution < 1.29 is 14.3 Å². The van der Waals surface area contributed by atoms with E-state index in [4.69, 9.17) is 4.74 Å². The van der Waals surface area contributed by atoms with E-state index in [1.54, 1.807) is 23.2 Å².